The van der Waals surface area contributed by atoms with Gasteiger partial charge in [0.1, 0.15) is 5.69 Å². The van der Waals surface area contributed by atoms with Crippen molar-refractivity contribution in [1.82, 2.24) is 20.2 Å². The second kappa shape index (κ2) is 7.92. The van der Waals surface area contributed by atoms with Crippen LogP contribution in [0.3, 0.4) is 0 Å². The van der Waals surface area contributed by atoms with Gasteiger partial charge in [0.25, 0.3) is 5.91 Å². The number of hydrogen-bond donors (Lipinski definition) is 1. The molecule has 1 saturated carbocycles. The highest BCUT2D eigenvalue weighted by molar-refractivity contribution is 5.92. The molecule has 0 aromatic carbocycles. The van der Waals surface area contributed by atoms with Crippen LogP contribution in [0, 0.1) is 6.92 Å². The van der Waals surface area contributed by atoms with Crippen LogP contribution in [0.4, 0.5) is 5.95 Å². The lowest BCUT2D eigenvalue weighted by Crippen LogP contribution is -2.45. The fraction of sp³-hybridized carbons (Fsp3) is 0.722. The number of aromatic nitrogens is 2. The van der Waals surface area contributed by atoms with E-state index in [1.54, 1.807) is 6.07 Å². The van der Waals surface area contributed by atoms with E-state index in [0.29, 0.717) is 17.7 Å². The number of hydrogen-bond acceptors (Lipinski definition) is 5. The molecule has 24 heavy (non-hydrogen) atoms. The largest absolute Gasteiger partial charge is 0.348 e. The van der Waals surface area contributed by atoms with Gasteiger partial charge in [0, 0.05) is 37.9 Å². The summed E-state index contributed by atoms with van der Waals surface area (Å²) in [7, 11) is 2.13. The fourth-order valence-corrected chi connectivity index (χ4v) is 3.50. The quantitative estimate of drug-likeness (QED) is 0.858. The van der Waals surface area contributed by atoms with Crippen LogP contribution in [-0.4, -0.2) is 60.0 Å². The van der Waals surface area contributed by atoms with Crippen LogP contribution < -0.4 is 10.2 Å². The van der Waals surface area contributed by atoms with E-state index in [0.717, 1.165) is 44.7 Å². The van der Waals surface area contributed by atoms with Crippen molar-refractivity contribution in [2.45, 2.75) is 51.5 Å². The second-order valence-corrected chi connectivity index (χ2v) is 7.15. The van der Waals surface area contributed by atoms with E-state index in [4.69, 9.17) is 0 Å². The number of likely N-dealkylation sites (N-methyl/N-ethyl adjacent to an activating group) is 1. The molecule has 0 unspecified atom stereocenters. The number of rotatable bonds is 3. The summed E-state index contributed by atoms with van der Waals surface area (Å²) in [5, 5.41) is 3.18. The summed E-state index contributed by atoms with van der Waals surface area (Å²) in [4.78, 5) is 26.2. The van der Waals surface area contributed by atoms with Crippen molar-refractivity contribution in [2.24, 2.45) is 0 Å². The predicted molar refractivity (Wildman–Crippen MR) is 95.4 cm³/mol. The van der Waals surface area contributed by atoms with Crippen molar-refractivity contribution in [3.8, 4) is 0 Å². The highest BCUT2D eigenvalue weighted by atomic mass is 16.1. The lowest BCUT2D eigenvalue weighted by atomic mass is 10.1. The Morgan fingerprint density at radius 1 is 1.08 bits per heavy atom. The molecule has 1 aromatic rings. The number of carbonyl (C=O) groups excluding carboxylic acids is 1. The van der Waals surface area contributed by atoms with Gasteiger partial charge in [-0.25, -0.2) is 9.97 Å². The van der Waals surface area contributed by atoms with E-state index in [-0.39, 0.29) is 5.91 Å². The van der Waals surface area contributed by atoms with Crippen molar-refractivity contribution in [2.75, 3.05) is 38.1 Å². The minimum atomic E-state index is -0.0530. The third kappa shape index (κ3) is 4.44. The number of nitrogens with one attached hydrogen (secondary N) is 1. The Bertz CT molecular complexity index is 561. The number of piperazine rings is 1. The van der Waals surface area contributed by atoms with E-state index >= 15 is 0 Å². The van der Waals surface area contributed by atoms with Gasteiger partial charge in [-0.05, 0) is 32.9 Å². The molecule has 132 valence electrons. The van der Waals surface area contributed by atoms with Gasteiger partial charge in [-0.1, -0.05) is 25.7 Å². The molecule has 0 atom stereocenters. The molecule has 6 nitrogen and oxygen atoms in total. The zero-order valence-corrected chi connectivity index (χ0v) is 14.9. The molecule has 3 rings (SSSR count). The molecule has 6 heteroatoms. The van der Waals surface area contributed by atoms with Crippen LogP contribution in [0.1, 0.15) is 54.7 Å². The summed E-state index contributed by atoms with van der Waals surface area (Å²) in [6.45, 7) is 5.75. The molecule has 0 radical (unpaired) electrons. The normalized spacial score (nSPS) is 20.7. The lowest BCUT2D eigenvalue weighted by molar-refractivity contribution is 0.0928. The van der Waals surface area contributed by atoms with Crippen LogP contribution >= 0.6 is 0 Å². The molecular weight excluding hydrogens is 302 g/mol. The first-order valence-corrected chi connectivity index (χ1v) is 9.22. The number of aryl methyl sites for hydroxylation is 1. The standard InChI is InChI=1S/C18H29N5O/c1-14-13-16(17(24)20-15-7-5-3-4-6-8-15)21-18(19-14)23-11-9-22(2)10-12-23/h13,15H,3-12H2,1-2H3,(H,20,24). The summed E-state index contributed by atoms with van der Waals surface area (Å²) in [5.41, 5.74) is 1.35. The van der Waals surface area contributed by atoms with Gasteiger partial charge in [-0.15, -0.1) is 0 Å². The molecule has 1 aromatic heterocycles. The van der Waals surface area contributed by atoms with Gasteiger partial charge in [-0.2, -0.15) is 0 Å². The third-order valence-corrected chi connectivity index (χ3v) is 5.05. The summed E-state index contributed by atoms with van der Waals surface area (Å²) in [6.07, 6.45) is 7.15. The average Bonchev–Trinajstić information content (AvgIpc) is 2.83. The minimum Gasteiger partial charge on any atom is -0.348 e. The monoisotopic (exact) mass is 331 g/mol. The number of amides is 1. The van der Waals surface area contributed by atoms with Crippen molar-refractivity contribution in [3.05, 3.63) is 17.5 Å². The van der Waals surface area contributed by atoms with Gasteiger partial charge < -0.3 is 15.1 Å². The first kappa shape index (κ1) is 17.1. The van der Waals surface area contributed by atoms with Gasteiger partial charge in [0.15, 0.2) is 0 Å². The van der Waals surface area contributed by atoms with Crippen LogP contribution in [-0.2, 0) is 0 Å². The zero-order chi connectivity index (χ0) is 16.9. The topological polar surface area (TPSA) is 61.4 Å². The number of nitrogens with zero attached hydrogens (tertiary/aromatic N) is 4. The molecule has 1 aliphatic carbocycles. The third-order valence-electron chi connectivity index (χ3n) is 5.05. The Morgan fingerprint density at radius 3 is 2.42 bits per heavy atom. The van der Waals surface area contributed by atoms with E-state index < -0.39 is 0 Å². The molecule has 1 saturated heterocycles. The molecule has 2 fully saturated rings. The van der Waals surface area contributed by atoms with E-state index in [1.165, 1.54) is 25.7 Å². The Balaban J connectivity index is 1.69. The van der Waals surface area contributed by atoms with E-state index in [9.17, 15) is 4.79 Å². The molecule has 0 bridgehead atoms. The smallest absolute Gasteiger partial charge is 0.270 e. The number of anilines is 1. The van der Waals surface area contributed by atoms with Crippen LogP contribution in [0.15, 0.2) is 6.07 Å². The summed E-state index contributed by atoms with van der Waals surface area (Å²) in [6, 6.07) is 2.09. The minimum absolute atomic E-state index is 0.0530. The Hall–Kier alpha value is -1.69. The molecule has 2 heterocycles. The summed E-state index contributed by atoms with van der Waals surface area (Å²) in [5.74, 6) is 0.636. The maximum Gasteiger partial charge on any atom is 0.270 e. The van der Waals surface area contributed by atoms with E-state index in [1.807, 2.05) is 6.92 Å². The lowest BCUT2D eigenvalue weighted by Gasteiger charge is -2.32. The first-order chi connectivity index (χ1) is 11.6. The molecule has 0 spiro atoms. The van der Waals surface area contributed by atoms with Crippen molar-refractivity contribution in [1.29, 1.82) is 0 Å². The van der Waals surface area contributed by atoms with Crippen molar-refractivity contribution >= 4 is 11.9 Å². The van der Waals surface area contributed by atoms with Crippen LogP contribution in [0.2, 0.25) is 0 Å². The highest BCUT2D eigenvalue weighted by Crippen LogP contribution is 2.18. The van der Waals surface area contributed by atoms with Crippen molar-refractivity contribution in [3.63, 3.8) is 0 Å². The van der Waals surface area contributed by atoms with Gasteiger partial charge >= 0.3 is 0 Å². The molecule has 1 aliphatic heterocycles. The zero-order valence-electron chi connectivity index (χ0n) is 14.9. The molecule has 1 N–H and O–H groups in total. The van der Waals surface area contributed by atoms with Gasteiger partial charge in [-0.3, -0.25) is 4.79 Å². The van der Waals surface area contributed by atoms with Crippen LogP contribution in [0.5, 0.6) is 0 Å². The van der Waals surface area contributed by atoms with Crippen molar-refractivity contribution < 1.29 is 4.79 Å². The predicted octanol–water partition coefficient (Wildman–Crippen LogP) is 1.99. The summed E-state index contributed by atoms with van der Waals surface area (Å²) < 4.78 is 0. The average molecular weight is 331 g/mol. The molecular formula is C18H29N5O. The fourth-order valence-electron chi connectivity index (χ4n) is 3.50. The maximum absolute atomic E-state index is 12.6. The maximum atomic E-state index is 12.6. The molecule has 2 aliphatic rings. The van der Waals surface area contributed by atoms with E-state index in [2.05, 4.69) is 32.1 Å². The Kier molecular flexibility index (Phi) is 5.66. The first-order valence-electron chi connectivity index (χ1n) is 9.22. The Labute approximate surface area is 144 Å². The highest BCUT2D eigenvalue weighted by Gasteiger charge is 2.21. The van der Waals surface area contributed by atoms with Gasteiger partial charge in [0.2, 0.25) is 5.95 Å². The summed E-state index contributed by atoms with van der Waals surface area (Å²) >= 11 is 0. The SMILES string of the molecule is Cc1cc(C(=O)NC2CCCCCC2)nc(N2CCN(C)CC2)n1. The Morgan fingerprint density at radius 2 is 1.75 bits per heavy atom. The number of carbonyl (C=O) groups is 1. The second-order valence-electron chi connectivity index (χ2n) is 7.15. The molecule has 1 amide bonds. The van der Waals surface area contributed by atoms with Gasteiger partial charge in [0.05, 0.1) is 0 Å². The van der Waals surface area contributed by atoms with Crippen LogP contribution in [0.25, 0.3) is 0 Å².